The topological polar surface area (TPSA) is 57.7 Å². The molecule has 1 atom stereocenters. The fraction of sp³-hybridized carbons (Fsp3) is 0.421. The van der Waals surface area contributed by atoms with Gasteiger partial charge in [0.2, 0.25) is 5.91 Å². The molecule has 2 aromatic rings. The zero-order valence-corrected chi connectivity index (χ0v) is 16.7. The lowest BCUT2D eigenvalue weighted by Crippen LogP contribution is -2.49. The maximum absolute atomic E-state index is 13.2. The van der Waals surface area contributed by atoms with Crippen molar-refractivity contribution >= 4 is 27.3 Å². The van der Waals surface area contributed by atoms with Crippen LogP contribution in [0.5, 0.6) is 0 Å². The summed E-state index contributed by atoms with van der Waals surface area (Å²) in [6.07, 6.45) is 1.28. The summed E-state index contributed by atoms with van der Waals surface area (Å²) in [5.74, 6) is -0.110. The van der Waals surface area contributed by atoms with Gasteiger partial charge in [0.25, 0.3) is 10.0 Å². The molecule has 26 heavy (non-hydrogen) atoms. The Bertz CT molecular complexity index is 833. The number of amides is 1. The number of benzene rings is 1. The second kappa shape index (κ2) is 7.90. The van der Waals surface area contributed by atoms with Crippen molar-refractivity contribution in [2.24, 2.45) is 0 Å². The van der Waals surface area contributed by atoms with E-state index in [9.17, 15) is 13.2 Å². The quantitative estimate of drug-likeness (QED) is 0.758. The van der Waals surface area contributed by atoms with E-state index in [1.54, 1.807) is 22.4 Å². The smallest absolute Gasteiger partial charge is 0.253 e. The van der Waals surface area contributed by atoms with Gasteiger partial charge in [-0.15, -0.1) is 11.3 Å². The maximum atomic E-state index is 13.2. The number of sulfonamides is 1. The molecule has 0 radical (unpaired) electrons. The first-order valence-electron chi connectivity index (χ1n) is 8.81. The van der Waals surface area contributed by atoms with Crippen molar-refractivity contribution in [3.8, 4) is 0 Å². The Kier molecular flexibility index (Phi) is 5.79. The molecule has 1 aliphatic rings. The molecular weight excluding hydrogens is 368 g/mol. The van der Waals surface area contributed by atoms with Crippen molar-refractivity contribution < 1.29 is 13.2 Å². The zero-order chi connectivity index (χ0) is 18.7. The number of hydrogen-bond acceptors (Lipinski definition) is 4. The minimum atomic E-state index is -3.62. The Morgan fingerprint density at radius 3 is 2.58 bits per heavy atom. The Labute approximate surface area is 159 Å². The molecule has 1 unspecified atom stereocenters. The average molecular weight is 393 g/mol. The molecular formula is C19H24N2O3S2. The van der Waals surface area contributed by atoms with Crippen molar-refractivity contribution in [3.05, 3.63) is 53.4 Å². The van der Waals surface area contributed by atoms with E-state index in [0.29, 0.717) is 30.1 Å². The Balaban J connectivity index is 1.84. The molecule has 2 heterocycles. The van der Waals surface area contributed by atoms with Gasteiger partial charge in [-0.1, -0.05) is 36.4 Å². The second-order valence-electron chi connectivity index (χ2n) is 6.75. The van der Waals surface area contributed by atoms with Crippen molar-refractivity contribution in [1.29, 1.82) is 0 Å². The summed E-state index contributed by atoms with van der Waals surface area (Å²) in [7, 11) is -3.62. The summed E-state index contributed by atoms with van der Waals surface area (Å²) in [6, 6.07) is 12.5. The summed E-state index contributed by atoms with van der Waals surface area (Å²) >= 11 is 1.19. The van der Waals surface area contributed by atoms with E-state index in [1.807, 2.05) is 44.2 Å². The van der Waals surface area contributed by atoms with Crippen LogP contribution in [0.1, 0.15) is 32.3 Å². The molecule has 0 aliphatic carbocycles. The highest BCUT2D eigenvalue weighted by Crippen LogP contribution is 2.30. The predicted molar refractivity (Wildman–Crippen MR) is 103 cm³/mol. The van der Waals surface area contributed by atoms with Crippen molar-refractivity contribution in [1.82, 2.24) is 9.21 Å². The fourth-order valence-electron chi connectivity index (χ4n) is 3.29. The lowest BCUT2D eigenvalue weighted by Gasteiger charge is -2.32. The summed E-state index contributed by atoms with van der Waals surface area (Å²) in [6.45, 7) is 4.82. The first-order valence-corrected chi connectivity index (χ1v) is 11.1. The average Bonchev–Trinajstić information content (AvgIpc) is 3.31. The van der Waals surface area contributed by atoms with Crippen LogP contribution in [0, 0.1) is 0 Å². The Morgan fingerprint density at radius 2 is 1.96 bits per heavy atom. The van der Waals surface area contributed by atoms with Gasteiger partial charge in [0.1, 0.15) is 10.3 Å². The highest BCUT2D eigenvalue weighted by atomic mass is 32.2. The van der Waals surface area contributed by atoms with Gasteiger partial charge in [-0.3, -0.25) is 4.79 Å². The van der Waals surface area contributed by atoms with Crippen LogP contribution in [0.4, 0.5) is 0 Å². The third kappa shape index (κ3) is 3.84. The van der Waals surface area contributed by atoms with Gasteiger partial charge in [-0.25, -0.2) is 8.42 Å². The SMILES string of the molecule is CC(C)N(Cc1ccccc1)C(=O)C1CCCN1S(=O)(=O)c1cccs1. The molecule has 1 saturated heterocycles. The van der Waals surface area contributed by atoms with Gasteiger partial charge in [-0.2, -0.15) is 4.31 Å². The molecule has 1 aromatic heterocycles. The monoisotopic (exact) mass is 392 g/mol. The molecule has 0 saturated carbocycles. The van der Waals surface area contributed by atoms with Gasteiger partial charge in [0, 0.05) is 19.1 Å². The zero-order valence-electron chi connectivity index (χ0n) is 15.0. The van der Waals surface area contributed by atoms with Gasteiger partial charge >= 0.3 is 0 Å². The van der Waals surface area contributed by atoms with Crippen molar-refractivity contribution in [2.45, 2.75) is 49.5 Å². The van der Waals surface area contributed by atoms with Gasteiger partial charge in [0.15, 0.2) is 0 Å². The van der Waals surface area contributed by atoms with Crippen LogP contribution in [-0.4, -0.2) is 42.2 Å². The van der Waals surface area contributed by atoms with Crippen LogP contribution in [0.2, 0.25) is 0 Å². The highest BCUT2D eigenvalue weighted by Gasteiger charge is 2.41. The largest absolute Gasteiger partial charge is 0.335 e. The first kappa shape index (κ1) is 19.1. The van der Waals surface area contributed by atoms with E-state index in [4.69, 9.17) is 0 Å². The van der Waals surface area contributed by atoms with Crippen LogP contribution in [0.25, 0.3) is 0 Å². The summed E-state index contributed by atoms with van der Waals surface area (Å²) < 4.78 is 27.5. The third-order valence-corrected chi connectivity index (χ3v) is 7.93. The number of thiophene rings is 1. The molecule has 1 aromatic carbocycles. The van der Waals surface area contributed by atoms with Crippen molar-refractivity contribution in [2.75, 3.05) is 6.54 Å². The van der Waals surface area contributed by atoms with Crippen LogP contribution >= 0.6 is 11.3 Å². The normalized spacial score (nSPS) is 18.3. The molecule has 0 spiro atoms. The lowest BCUT2D eigenvalue weighted by atomic mass is 10.1. The van der Waals surface area contributed by atoms with Crippen LogP contribution in [-0.2, 0) is 21.4 Å². The number of carbonyl (C=O) groups excluding carboxylic acids is 1. The maximum Gasteiger partial charge on any atom is 0.253 e. The molecule has 0 N–H and O–H groups in total. The van der Waals surface area contributed by atoms with E-state index >= 15 is 0 Å². The van der Waals surface area contributed by atoms with Gasteiger partial charge in [0.05, 0.1) is 0 Å². The number of hydrogen-bond donors (Lipinski definition) is 0. The molecule has 1 aliphatic heterocycles. The number of rotatable bonds is 6. The summed E-state index contributed by atoms with van der Waals surface area (Å²) in [5, 5.41) is 1.75. The molecule has 1 amide bonds. The third-order valence-electron chi connectivity index (χ3n) is 4.65. The lowest BCUT2D eigenvalue weighted by molar-refractivity contribution is -0.137. The van der Waals surface area contributed by atoms with Crippen LogP contribution < -0.4 is 0 Å². The number of nitrogens with zero attached hydrogens (tertiary/aromatic N) is 2. The summed E-state index contributed by atoms with van der Waals surface area (Å²) in [5.41, 5.74) is 1.04. The minimum Gasteiger partial charge on any atom is -0.335 e. The molecule has 5 nitrogen and oxygen atoms in total. The standard InChI is InChI=1S/C19H24N2O3S2/c1-15(2)20(14-16-8-4-3-5-9-16)19(22)17-10-6-12-21(17)26(23,24)18-11-7-13-25-18/h3-5,7-9,11,13,15,17H,6,10,12,14H2,1-2H3. The predicted octanol–water partition coefficient (Wildman–Crippen LogP) is 3.34. The summed E-state index contributed by atoms with van der Waals surface area (Å²) in [4.78, 5) is 15.0. The van der Waals surface area contributed by atoms with Crippen LogP contribution in [0.3, 0.4) is 0 Å². The van der Waals surface area contributed by atoms with Gasteiger partial charge in [-0.05, 0) is 43.7 Å². The number of carbonyl (C=O) groups is 1. The van der Waals surface area contributed by atoms with E-state index < -0.39 is 16.1 Å². The molecule has 0 bridgehead atoms. The second-order valence-corrected chi connectivity index (χ2v) is 9.82. The molecule has 1 fully saturated rings. The van der Waals surface area contributed by atoms with Crippen LogP contribution in [0.15, 0.2) is 52.1 Å². The van der Waals surface area contributed by atoms with E-state index in [-0.39, 0.29) is 11.9 Å². The first-order chi connectivity index (χ1) is 12.4. The van der Waals surface area contributed by atoms with Gasteiger partial charge < -0.3 is 4.90 Å². The van der Waals surface area contributed by atoms with Crippen molar-refractivity contribution in [3.63, 3.8) is 0 Å². The molecule has 140 valence electrons. The van der Waals surface area contributed by atoms with E-state index in [2.05, 4.69) is 0 Å². The van der Waals surface area contributed by atoms with E-state index in [0.717, 1.165) is 5.56 Å². The Morgan fingerprint density at radius 1 is 1.23 bits per heavy atom. The Hall–Kier alpha value is -1.70. The molecule has 7 heteroatoms. The molecule has 3 rings (SSSR count). The highest BCUT2D eigenvalue weighted by molar-refractivity contribution is 7.91. The minimum absolute atomic E-state index is 0.00500. The fourth-order valence-corrected chi connectivity index (χ4v) is 6.06. The van der Waals surface area contributed by atoms with E-state index in [1.165, 1.54) is 15.6 Å².